The van der Waals surface area contributed by atoms with Crippen molar-refractivity contribution in [3.05, 3.63) is 23.0 Å². The molecule has 0 spiro atoms. The molecule has 0 saturated carbocycles. The maximum atomic E-state index is 11.7. The zero-order valence-corrected chi connectivity index (χ0v) is 9.70. The molecule has 1 aromatic rings. The summed E-state index contributed by atoms with van der Waals surface area (Å²) in [5, 5.41) is 10.4. The third-order valence-electron chi connectivity index (χ3n) is 2.07. The normalized spacial score (nSPS) is 9.94. The average Bonchev–Trinajstić information content (AvgIpc) is 2.25. The number of nitrogens with zero attached hydrogens (tertiary/aromatic N) is 2. The van der Waals surface area contributed by atoms with Crippen LogP contribution in [0.5, 0.6) is 0 Å². The molecule has 86 valence electrons. The summed E-state index contributed by atoms with van der Waals surface area (Å²) in [5.74, 6) is -0.352. The molecule has 0 aliphatic carbocycles. The van der Waals surface area contributed by atoms with Gasteiger partial charge in [0.15, 0.2) is 0 Å². The van der Waals surface area contributed by atoms with Crippen LogP contribution in [0.1, 0.15) is 35.6 Å². The molecule has 1 N–H and O–H groups in total. The van der Waals surface area contributed by atoms with Crippen molar-refractivity contribution < 1.29 is 9.59 Å². The Labute approximate surface area is 94.3 Å². The number of carbonyl (C=O) groups is 2. The molecule has 0 radical (unpaired) electrons. The van der Waals surface area contributed by atoms with Gasteiger partial charge < -0.3 is 5.32 Å². The topological polar surface area (TPSA) is 72.0 Å². The van der Waals surface area contributed by atoms with Crippen molar-refractivity contribution in [1.29, 1.82) is 0 Å². The van der Waals surface area contributed by atoms with Crippen LogP contribution in [-0.2, 0) is 11.2 Å². The third-order valence-corrected chi connectivity index (χ3v) is 2.07. The monoisotopic (exact) mass is 221 g/mol. The molecule has 5 heteroatoms. The summed E-state index contributed by atoms with van der Waals surface area (Å²) in [4.78, 5) is 22.5. The maximum Gasteiger partial charge on any atom is 0.253 e. The second-order valence-electron chi connectivity index (χ2n) is 3.58. The molecule has 5 nitrogen and oxygen atoms in total. The minimum Gasteiger partial charge on any atom is -0.345 e. The quantitative estimate of drug-likeness (QED) is 0.811. The molecule has 1 aromatic heterocycles. The molecular formula is C11H15N3O2. The van der Waals surface area contributed by atoms with Crippen molar-refractivity contribution in [3.8, 4) is 0 Å². The number of nitrogens with one attached hydrogen (secondary N) is 1. The Kier molecular flexibility index (Phi) is 4.10. The van der Waals surface area contributed by atoms with Gasteiger partial charge in [-0.1, -0.05) is 6.92 Å². The fourth-order valence-electron chi connectivity index (χ4n) is 1.27. The van der Waals surface area contributed by atoms with Gasteiger partial charge in [0.25, 0.3) is 5.91 Å². The number of amides is 1. The predicted octanol–water partition coefficient (Wildman–Crippen LogP) is 0.666. The lowest BCUT2D eigenvalue weighted by Crippen LogP contribution is -2.29. The van der Waals surface area contributed by atoms with Gasteiger partial charge >= 0.3 is 0 Å². The van der Waals surface area contributed by atoms with Crippen LogP contribution in [0.3, 0.4) is 0 Å². The summed E-state index contributed by atoms with van der Waals surface area (Å²) in [5.41, 5.74) is 1.83. The van der Waals surface area contributed by atoms with Gasteiger partial charge in [-0.2, -0.15) is 10.2 Å². The Morgan fingerprint density at radius 3 is 2.62 bits per heavy atom. The number of hydrogen-bond donors (Lipinski definition) is 1. The molecule has 0 saturated heterocycles. The third kappa shape index (κ3) is 3.12. The Hall–Kier alpha value is -1.78. The minimum atomic E-state index is -0.273. The number of hydrogen-bond acceptors (Lipinski definition) is 4. The van der Waals surface area contributed by atoms with Gasteiger partial charge in [0.05, 0.1) is 23.5 Å². The van der Waals surface area contributed by atoms with Crippen LogP contribution in [0.4, 0.5) is 0 Å². The number of aromatic nitrogens is 2. The minimum absolute atomic E-state index is 0.0450. The number of aryl methyl sites for hydroxylation is 2. The standard InChI is InChI=1S/C11H15N3O2/c1-4-10-9(5-7(2)13-14-10)11(16)12-6-8(3)15/h5H,4,6H2,1-3H3,(H,12,16). The molecule has 0 unspecified atom stereocenters. The fourth-order valence-corrected chi connectivity index (χ4v) is 1.27. The lowest BCUT2D eigenvalue weighted by atomic mass is 10.1. The molecule has 16 heavy (non-hydrogen) atoms. The van der Waals surface area contributed by atoms with E-state index in [4.69, 9.17) is 0 Å². The highest BCUT2D eigenvalue weighted by Gasteiger charge is 2.12. The first kappa shape index (κ1) is 12.3. The highest BCUT2D eigenvalue weighted by molar-refractivity contribution is 5.97. The van der Waals surface area contributed by atoms with E-state index in [1.165, 1.54) is 6.92 Å². The van der Waals surface area contributed by atoms with E-state index in [1.54, 1.807) is 13.0 Å². The van der Waals surface area contributed by atoms with Crippen molar-refractivity contribution in [2.24, 2.45) is 0 Å². The van der Waals surface area contributed by atoms with E-state index in [2.05, 4.69) is 15.5 Å². The predicted molar refractivity (Wildman–Crippen MR) is 59.2 cm³/mol. The van der Waals surface area contributed by atoms with Crippen LogP contribution in [0, 0.1) is 6.92 Å². The van der Waals surface area contributed by atoms with Crippen LogP contribution in [0.15, 0.2) is 6.07 Å². The molecule has 1 rings (SSSR count). The van der Waals surface area contributed by atoms with Gasteiger partial charge in [0.1, 0.15) is 5.78 Å². The highest BCUT2D eigenvalue weighted by Crippen LogP contribution is 2.07. The second-order valence-corrected chi connectivity index (χ2v) is 3.58. The van der Waals surface area contributed by atoms with Crippen LogP contribution < -0.4 is 5.32 Å². The van der Waals surface area contributed by atoms with Gasteiger partial charge in [0, 0.05) is 0 Å². The van der Waals surface area contributed by atoms with E-state index in [-0.39, 0.29) is 18.2 Å². The van der Waals surface area contributed by atoms with Crippen LogP contribution in [-0.4, -0.2) is 28.4 Å². The van der Waals surface area contributed by atoms with E-state index in [1.807, 2.05) is 6.92 Å². The summed E-state index contributed by atoms with van der Waals surface area (Å²) in [6, 6.07) is 1.68. The molecule has 0 aromatic carbocycles. The van der Waals surface area contributed by atoms with Crippen molar-refractivity contribution in [1.82, 2.24) is 15.5 Å². The van der Waals surface area contributed by atoms with Crippen molar-refractivity contribution in [2.45, 2.75) is 27.2 Å². The summed E-state index contributed by atoms with van der Waals surface area (Å²) in [6.45, 7) is 5.15. The molecule has 0 bridgehead atoms. The van der Waals surface area contributed by atoms with Crippen LogP contribution in [0.2, 0.25) is 0 Å². The lowest BCUT2D eigenvalue weighted by Gasteiger charge is -2.07. The first-order valence-electron chi connectivity index (χ1n) is 5.15. The van der Waals surface area contributed by atoms with E-state index < -0.39 is 0 Å². The van der Waals surface area contributed by atoms with Gasteiger partial charge in [-0.05, 0) is 26.3 Å². The van der Waals surface area contributed by atoms with Crippen molar-refractivity contribution >= 4 is 11.7 Å². The van der Waals surface area contributed by atoms with E-state index >= 15 is 0 Å². The Balaban J connectivity index is 2.88. The molecule has 0 atom stereocenters. The Morgan fingerprint density at radius 1 is 1.38 bits per heavy atom. The van der Waals surface area contributed by atoms with Gasteiger partial charge in [0.2, 0.25) is 0 Å². The summed E-state index contributed by atoms with van der Waals surface area (Å²) in [7, 11) is 0. The first-order chi connectivity index (χ1) is 7.54. The van der Waals surface area contributed by atoms with Crippen molar-refractivity contribution in [3.63, 3.8) is 0 Å². The fraction of sp³-hybridized carbons (Fsp3) is 0.455. The molecular weight excluding hydrogens is 206 g/mol. The van der Waals surface area contributed by atoms with Gasteiger partial charge in [-0.25, -0.2) is 0 Å². The Bertz CT molecular complexity index is 416. The molecule has 1 amide bonds. The zero-order valence-electron chi connectivity index (χ0n) is 9.70. The van der Waals surface area contributed by atoms with E-state index in [0.717, 1.165) is 0 Å². The van der Waals surface area contributed by atoms with Crippen LogP contribution >= 0.6 is 0 Å². The first-order valence-corrected chi connectivity index (χ1v) is 5.15. The summed E-state index contributed by atoms with van der Waals surface area (Å²) in [6.07, 6.45) is 0.635. The Morgan fingerprint density at radius 2 is 2.06 bits per heavy atom. The highest BCUT2D eigenvalue weighted by atomic mass is 16.2. The summed E-state index contributed by atoms with van der Waals surface area (Å²) < 4.78 is 0. The average molecular weight is 221 g/mol. The zero-order chi connectivity index (χ0) is 12.1. The molecule has 0 fully saturated rings. The largest absolute Gasteiger partial charge is 0.345 e. The molecule has 0 aliphatic rings. The molecule has 0 aliphatic heterocycles. The second kappa shape index (κ2) is 5.34. The lowest BCUT2D eigenvalue weighted by molar-refractivity contribution is -0.116. The van der Waals surface area contributed by atoms with E-state index in [9.17, 15) is 9.59 Å². The van der Waals surface area contributed by atoms with Crippen LogP contribution in [0.25, 0.3) is 0 Å². The number of Topliss-reactive ketones (excluding diaryl/α,β-unsaturated/α-hetero) is 1. The number of carbonyl (C=O) groups excluding carboxylic acids is 2. The number of ketones is 1. The smallest absolute Gasteiger partial charge is 0.253 e. The SMILES string of the molecule is CCc1nnc(C)cc1C(=O)NCC(C)=O. The van der Waals surface area contributed by atoms with Crippen molar-refractivity contribution in [2.75, 3.05) is 6.54 Å². The van der Waals surface area contributed by atoms with Gasteiger partial charge in [-0.3, -0.25) is 9.59 Å². The summed E-state index contributed by atoms with van der Waals surface area (Å²) >= 11 is 0. The maximum absolute atomic E-state index is 11.7. The van der Waals surface area contributed by atoms with E-state index in [0.29, 0.717) is 23.4 Å². The number of rotatable bonds is 4. The van der Waals surface area contributed by atoms with Gasteiger partial charge in [-0.15, -0.1) is 0 Å². The molecule has 1 heterocycles.